The number of hydrogen-bond acceptors (Lipinski definition) is 4. The third-order valence-electron chi connectivity index (χ3n) is 6.62. The lowest BCUT2D eigenvalue weighted by Gasteiger charge is -2.30. The maximum absolute atomic E-state index is 13.6. The number of rotatable bonds is 4. The maximum atomic E-state index is 13.6. The fraction of sp³-hybridized carbons (Fsp3) is 0.250. The van der Waals surface area contributed by atoms with Crippen molar-refractivity contribution in [2.24, 2.45) is 0 Å². The lowest BCUT2D eigenvalue weighted by atomic mass is 9.78. The van der Waals surface area contributed by atoms with E-state index in [9.17, 15) is 4.79 Å². The summed E-state index contributed by atoms with van der Waals surface area (Å²) in [4.78, 5) is 13.6. The van der Waals surface area contributed by atoms with Crippen LogP contribution in [0.25, 0.3) is 0 Å². The van der Waals surface area contributed by atoms with Gasteiger partial charge in [0.05, 0.1) is 24.5 Å². The largest absolute Gasteiger partial charge is 0.497 e. The normalized spacial score (nSPS) is 19.9. The van der Waals surface area contributed by atoms with Crippen molar-refractivity contribution in [3.05, 3.63) is 101 Å². The number of fused-ring (bicyclic) bond motifs is 1. The fourth-order valence-corrected chi connectivity index (χ4v) is 4.80. The first-order chi connectivity index (χ1) is 15.7. The maximum Gasteiger partial charge on any atom is 0.163 e. The van der Waals surface area contributed by atoms with Gasteiger partial charge in [0, 0.05) is 17.7 Å². The molecular weight excluding hydrogens is 396 g/mol. The Bertz CT molecular complexity index is 1160. The van der Waals surface area contributed by atoms with E-state index in [-0.39, 0.29) is 17.7 Å². The van der Waals surface area contributed by atoms with E-state index < -0.39 is 0 Å². The number of nitrogens with one attached hydrogen (secondary N) is 2. The summed E-state index contributed by atoms with van der Waals surface area (Å²) in [7, 11) is 1.67. The summed E-state index contributed by atoms with van der Waals surface area (Å²) in [5.41, 5.74) is 7.48. The van der Waals surface area contributed by atoms with E-state index in [0.29, 0.717) is 6.42 Å². The molecule has 162 valence electrons. The number of carbonyl (C=O) groups excluding carboxylic acids is 1. The number of para-hydroxylation sites is 2. The molecule has 4 nitrogen and oxygen atoms in total. The van der Waals surface area contributed by atoms with Crippen LogP contribution in [0, 0.1) is 0 Å². The fourth-order valence-electron chi connectivity index (χ4n) is 4.80. The van der Waals surface area contributed by atoms with Crippen molar-refractivity contribution in [1.82, 2.24) is 0 Å². The van der Waals surface area contributed by atoms with Gasteiger partial charge in [0.25, 0.3) is 0 Å². The second-order valence-corrected chi connectivity index (χ2v) is 8.54. The van der Waals surface area contributed by atoms with Crippen LogP contribution in [0.5, 0.6) is 5.75 Å². The van der Waals surface area contributed by atoms with Gasteiger partial charge in [0.1, 0.15) is 5.75 Å². The van der Waals surface area contributed by atoms with Crippen molar-refractivity contribution in [3.8, 4) is 5.75 Å². The molecule has 0 amide bonds. The highest BCUT2D eigenvalue weighted by molar-refractivity contribution is 6.01. The summed E-state index contributed by atoms with van der Waals surface area (Å²) < 4.78 is 5.30. The first-order valence-corrected chi connectivity index (χ1v) is 11.3. The van der Waals surface area contributed by atoms with E-state index in [1.165, 1.54) is 11.1 Å². The van der Waals surface area contributed by atoms with Crippen LogP contribution in [0.4, 0.5) is 11.4 Å². The van der Waals surface area contributed by atoms with Crippen LogP contribution >= 0.6 is 0 Å². The van der Waals surface area contributed by atoms with Gasteiger partial charge in [-0.3, -0.25) is 4.79 Å². The molecule has 0 saturated heterocycles. The quantitative estimate of drug-likeness (QED) is 0.521. The molecule has 2 atom stereocenters. The number of benzene rings is 3. The standard InChI is InChI=1S/C28H28N2O2/c1-3-18-8-10-20(11-9-18)28-27-25(29-23-6-4-5-7-24(23)30-28)16-21(17-26(27)31)19-12-14-22(32-2)15-13-19/h4-15,21,28-30H,3,16-17H2,1-2H3/t21-,28-/m0/s1. The van der Waals surface area contributed by atoms with Crippen LogP contribution in [0.3, 0.4) is 0 Å². The summed E-state index contributed by atoms with van der Waals surface area (Å²) in [6, 6.07) is 24.7. The van der Waals surface area contributed by atoms with Crippen LogP contribution in [-0.2, 0) is 11.2 Å². The molecule has 32 heavy (non-hydrogen) atoms. The molecule has 0 bridgehead atoms. The minimum absolute atomic E-state index is 0.146. The zero-order valence-electron chi connectivity index (χ0n) is 18.5. The van der Waals surface area contributed by atoms with E-state index in [0.717, 1.165) is 46.8 Å². The molecule has 4 heteroatoms. The smallest absolute Gasteiger partial charge is 0.163 e. The second kappa shape index (κ2) is 8.54. The van der Waals surface area contributed by atoms with Crippen LogP contribution in [0.15, 0.2) is 84.1 Å². The third-order valence-corrected chi connectivity index (χ3v) is 6.62. The van der Waals surface area contributed by atoms with E-state index >= 15 is 0 Å². The Balaban J connectivity index is 1.56. The second-order valence-electron chi connectivity index (χ2n) is 8.54. The van der Waals surface area contributed by atoms with E-state index in [1.54, 1.807) is 7.11 Å². The van der Waals surface area contributed by atoms with Crippen LogP contribution in [0.1, 0.15) is 48.4 Å². The Hall–Kier alpha value is -3.53. The molecule has 0 saturated carbocycles. The van der Waals surface area contributed by atoms with E-state index in [1.807, 2.05) is 24.3 Å². The molecule has 0 unspecified atom stereocenters. The lowest BCUT2D eigenvalue weighted by Crippen LogP contribution is -2.26. The van der Waals surface area contributed by atoms with Gasteiger partial charge in [-0.25, -0.2) is 0 Å². The molecule has 0 aromatic heterocycles. The molecule has 5 rings (SSSR count). The molecule has 3 aromatic rings. The van der Waals surface area contributed by atoms with Crippen molar-refractivity contribution in [2.45, 2.75) is 38.1 Å². The predicted octanol–water partition coefficient (Wildman–Crippen LogP) is 6.24. The third kappa shape index (κ3) is 3.77. The van der Waals surface area contributed by atoms with Gasteiger partial charge < -0.3 is 15.4 Å². The highest BCUT2D eigenvalue weighted by Crippen LogP contribution is 2.44. The van der Waals surface area contributed by atoms with Gasteiger partial charge in [0.2, 0.25) is 0 Å². The number of ketones is 1. The van der Waals surface area contributed by atoms with Crippen molar-refractivity contribution in [1.29, 1.82) is 0 Å². The predicted molar refractivity (Wildman–Crippen MR) is 129 cm³/mol. The number of carbonyl (C=O) groups is 1. The van der Waals surface area contributed by atoms with Gasteiger partial charge in [-0.1, -0.05) is 55.5 Å². The monoisotopic (exact) mass is 424 g/mol. The molecule has 2 aliphatic rings. The minimum atomic E-state index is -0.170. The molecule has 0 fully saturated rings. The van der Waals surface area contributed by atoms with Gasteiger partial charge in [-0.05, 0) is 59.7 Å². The summed E-state index contributed by atoms with van der Waals surface area (Å²) in [6.45, 7) is 2.16. The Kier molecular flexibility index (Phi) is 5.44. The topological polar surface area (TPSA) is 50.4 Å². The van der Waals surface area contributed by atoms with Crippen LogP contribution in [0.2, 0.25) is 0 Å². The lowest BCUT2D eigenvalue weighted by molar-refractivity contribution is -0.116. The first-order valence-electron chi connectivity index (χ1n) is 11.3. The van der Waals surface area contributed by atoms with Crippen molar-refractivity contribution >= 4 is 17.2 Å². The first kappa shape index (κ1) is 20.4. The van der Waals surface area contributed by atoms with Crippen LogP contribution in [-0.4, -0.2) is 12.9 Å². The number of Topliss-reactive ketones (excluding diaryl/α,β-unsaturated/α-hetero) is 1. The van der Waals surface area contributed by atoms with Crippen LogP contribution < -0.4 is 15.4 Å². The number of hydrogen-bond donors (Lipinski definition) is 2. The Morgan fingerprint density at radius 2 is 1.56 bits per heavy atom. The minimum Gasteiger partial charge on any atom is -0.497 e. The molecule has 1 aliphatic heterocycles. The average molecular weight is 425 g/mol. The van der Waals surface area contributed by atoms with E-state index in [4.69, 9.17) is 4.74 Å². The average Bonchev–Trinajstić information content (AvgIpc) is 3.01. The molecule has 0 spiro atoms. The zero-order valence-corrected chi connectivity index (χ0v) is 18.5. The summed E-state index contributed by atoms with van der Waals surface area (Å²) >= 11 is 0. The molecule has 0 radical (unpaired) electrons. The molecular formula is C28H28N2O2. The molecule has 1 heterocycles. The van der Waals surface area contributed by atoms with Crippen molar-refractivity contribution < 1.29 is 9.53 Å². The molecule has 3 aromatic carbocycles. The highest BCUT2D eigenvalue weighted by Gasteiger charge is 2.36. The van der Waals surface area contributed by atoms with Crippen molar-refractivity contribution in [3.63, 3.8) is 0 Å². The summed E-state index contributed by atoms with van der Waals surface area (Å²) in [5.74, 6) is 1.18. The van der Waals surface area contributed by atoms with Gasteiger partial charge in [-0.15, -0.1) is 0 Å². The van der Waals surface area contributed by atoms with E-state index in [2.05, 4.69) is 66.1 Å². The SMILES string of the molecule is CCc1ccc([C@@H]2Nc3ccccc3NC3=C2C(=O)C[C@@H](c2ccc(OC)cc2)C3)cc1. The Labute approximate surface area is 189 Å². The number of allylic oxidation sites excluding steroid dienone is 1. The number of methoxy groups -OCH3 is 1. The van der Waals surface area contributed by atoms with Gasteiger partial charge >= 0.3 is 0 Å². The Morgan fingerprint density at radius 3 is 2.25 bits per heavy atom. The highest BCUT2D eigenvalue weighted by atomic mass is 16.5. The Morgan fingerprint density at radius 1 is 0.875 bits per heavy atom. The number of ether oxygens (including phenoxy) is 1. The molecule has 2 N–H and O–H groups in total. The van der Waals surface area contributed by atoms with Crippen molar-refractivity contribution in [2.75, 3.05) is 17.7 Å². The van der Waals surface area contributed by atoms with Gasteiger partial charge in [-0.2, -0.15) is 0 Å². The summed E-state index contributed by atoms with van der Waals surface area (Å²) in [6.07, 6.45) is 2.31. The number of anilines is 2. The van der Waals surface area contributed by atoms with Gasteiger partial charge in [0.15, 0.2) is 5.78 Å². The zero-order chi connectivity index (χ0) is 22.1. The molecule has 1 aliphatic carbocycles. The summed E-state index contributed by atoms with van der Waals surface area (Å²) in [5, 5.41) is 7.26. The number of aryl methyl sites for hydroxylation is 1.